The first-order valence-electron chi connectivity index (χ1n) is 6.61. The fraction of sp³-hybridized carbons (Fsp3) is 1.00. The van der Waals surface area contributed by atoms with E-state index in [1.807, 2.05) is 20.4 Å². The second-order valence-corrected chi connectivity index (χ2v) is 7.78. The van der Waals surface area contributed by atoms with Gasteiger partial charge < -0.3 is 18.7 Å². The molecule has 17 heavy (non-hydrogen) atoms. The van der Waals surface area contributed by atoms with Crippen molar-refractivity contribution in [2.45, 2.75) is 65.5 Å². The molecule has 0 saturated carbocycles. The summed E-state index contributed by atoms with van der Waals surface area (Å²) in [6, 6.07) is 0. The summed E-state index contributed by atoms with van der Waals surface area (Å²) in [7, 11) is -2.36. The largest absolute Gasteiger partial charge is 0.393 e. The van der Waals surface area contributed by atoms with Crippen LogP contribution >= 0.6 is 0 Å². The van der Waals surface area contributed by atoms with Gasteiger partial charge in [-0.25, -0.2) is 0 Å². The Bertz CT molecular complexity index is 181. The normalized spacial score (nSPS) is 15.9. The molecule has 0 aromatic rings. The van der Waals surface area contributed by atoms with Crippen LogP contribution in [-0.4, -0.2) is 38.9 Å². The molecule has 0 amide bonds. The van der Waals surface area contributed by atoms with Crippen LogP contribution in [0, 0.1) is 0 Å². The van der Waals surface area contributed by atoms with Crippen LogP contribution in [-0.2, 0) is 13.6 Å². The van der Waals surface area contributed by atoms with Crippen LogP contribution in [0.4, 0.5) is 0 Å². The third-order valence-electron chi connectivity index (χ3n) is 2.63. The van der Waals surface area contributed by atoms with E-state index in [9.17, 15) is 5.11 Å². The quantitative estimate of drug-likeness (QED) is 0.487. The van der Waals surface area contributed by atoms with Gasteiger partial charge in [0.15, 0.2) is 6.29 Å². The molecule has 0 heterocycles. The molecule has 2 atom stereocenters. The van der Waals surface area contributed by atoms with Crippen LogP contribution in [0.15, 0.2) is 0 Å². The Kier molecular flexibility index (Phi) is 9.08. The first-order valence-corrected chi connectivity index (χ1v) is 9.00. The van der Waals surface area contributed by atoms with Gasteiger partial charge in [0.2, 0.25) is 0 Å². The van der Waals surface area contributed by atoms with Gasteiger partial charge in [-0.3, -0.25) is 0 Å². The lowest BCUT2D eigenvalue weighted by Crippen LogP contribution is -2.52. The van der Waals surface area contributed by atoms with Crippen molar-refractivity contribution in [3.05, 3.63) is 0 Å². The van der Waals surface area contributed by atoms with E-state index < -0.39 is 14.9 Å². The number of aliphatic hydroxyl groups is 1. The van der Waals surface area contributed by atoms with Crippen LogP contribution in [0.3, 0.4) is 0 Å². The Hall–Kier alpha value is 0.0569. The van der Waals surface area contributed by atoms with Gasteiger partial charge in [-0.2, -0.15) is 0 Å². The highest BCUT2D eigenvalue weighted by Gasteiger charge is 2.40. The molecule has 0 aliphatic heterocycles. The molecule has 5 heteroatoms. The molecule has 2 unspecified atom stereocenters. The number of hydrogen-bond donors (Lipinski definition) is 1. The molecule has 0 aromatic heterocycles. The third-order valence-corrected chi connectivity index (χ3v) is 5.80. The molecule has 0 aliphatic rings. The molecular weight excluding hydrogens is 236 g/mol. The lowest BCUT2D eigenvalue weighted by Gasteiger charge is -2.33. The fourth-order valence-electron chi connectivity index (χ4n) is 1.34. The van der Waals surface area contributed by atoms with Gasteiger partial charge >= 0.3 is 8.56 Å². The second kappa shape index (κ2) is 9.05. The topological polar surface area (TPSA) is 47.9 Å². The Morgan fingerprint density at radius 1 is 1.06 bits per heavy atom. The van der Waals surface area contributed by atoms with E-state index in [4.69, 9.17) is 13.6 Å². The summed E-state index contributed by atoms with van der Waals surface area (Å²) >= 11 is 0. The van der Waals surface area contributed by atoms with Crippen LogP contribution < -0.4 is 0 Å². The van der Waals surface area contributed by atoms with E-state index in [2.05, 4.69) is 13.8 Å². The van der Waals surface area contributed by atoms with Crippen molar-refractivity contribution in [3.8, 4) is 0 Å². The Labute approximate surface area is 107 Å². The van der Waals surface area contributed by atoms with Gasteiger partial charge in [-0.05, 0) is 32.7 Å². The number of aliphatic hydroxyl groups excluding tert-OH is 1. The first-order chi connectivity index (χ1) is 8.00. The highest BCUT2D eigenvalue weighted by atomic mass is 28.4. The Morgan fingerprint density at radius 3 is 1.88 bits per heavy atom. The monoisotopic (exact) mass is 264 g/mol. The minimum Gasteiger partial charge on any atom is -0.393 e. The molecular formula is C12H28O4Si. The van der Waals surface area contributed by atoms with Crippen LogP contribution in [0.5, 0.6) is 0 Å². The molecule has 0 spiro atoms. The van der Waals surface area contributed by atoms with Crippen molar-refractivity contribution in [2.24, 2.45) is 0 Å². The van der Waals surface area contributed by atoms with Gasteiger partial charge in [0.25, 0.3) is 0 Å². The lowest BCUT2D eigenvalue weighted by molar-refractivity contribution is -0.121. The highest BCUT2D eigenvalue weighted by molar-refractivity contribution is 6.67. The van der Waals surface area contributed by atoms with E-state index in [1.165, 1.54) is 0 Å². The SMILES string of the molecule is CCCO[Si](C)(OCCC)C(C)OC(O)CC. The average molecular weight is 264 g/mol. The zero-order valence-electron chi connectivity index (χ0n) is 11.9. The average Bonchev–Trinajstić information content (AvgIpc) is 2.33. The zero-order chi connectivity index (χ0) is 13.3. The summed E-state index contributed by atoms with van der Waals surface area (Å²) < 4.78 is 17.3. The van der Waals surface area contributed by atoms with Gasteiger partial charge in [-0.1, -0.05) is 20.8 Å². The number of rotatable bonds is 10. The predicted molar refractivity (Wildman–Crippen MR) is 70.9 cm³/mol. The maximum atomic E-state index is 9.53. The minimum absolute atomic E-state index is 0.171. The highest BCUT2D eigenvalue weighted by Crippen LogP contribution is 2.18. The van der Waals surface area contributed by atoms with Gasteiger partial charge in [0.1, 0.15) is 5.73 Å². The second-order valence-electron chi connectivity index (χ2n) is 4.35. The molecule has 0 aliphatic carbocycles. The third kappa shape index (κ3) is 6.52. The van der Waals surface area contributed by atoms with Crippen molar-refractivity contribution in [1.82, 2.24) is 0 Å². The summed E-state index contributed by atoms with van der Waals surface area (Å²) in [5, 5.41) is 9.53. The van der Waals surface area contributed by atoms with E-state index in [-0.39, 0.29) is 5.73 Å². The summed E-state index contributed by atoms with van der Waals surface area (Å²) in [5.74, 6) is 0. The van der Waals surface area contributed by atoms with Crippen molar-refractivity contribution in [2.75, 3.05) is 13.2 Å². The smallest absolute Gasteiger partial charge is 0.364 e. The molecule has 0 rings (SSSR count). The number of ether oxygens (including phenoxy) is 1. The van der Waals surface area contributed by atoms with E-state index in [1.54, 1.807) is 0 Å². The standard InChI is InChI=1S/C12H28O4Si/c1-6-9-14-17(5,15-10-7-2)11(4)16-12(13)8-3/h11-13H,6-10H2,1-5H3. The summed E-state index contributed by atoms with van der Waals surface area (Å²) in [5.41, 5.74) is -0.171. The van der Waals surface area contributed by atoms with E-state index >= 15 is 0 Å². The summed E-state index contributed by atoms with van der Waals surface area (Å²) in [4.78, 5) is 0. The van der Waals surface area contributed by atoms with Crippen molar-refractivity contribution < 1.29 is 18.7 Å². The molecule has 1 N–H and O–H groups in total. The van der Waals surface area contributed by atoms with Crippen LogP contribution in [0.2, 0.25) is 6.55 Å². The van der Waals surface area contributed by atoms with Crippen molar-refractivity contribution in [3.63, 3.8) is 0 Å². The molecule has 104 valence electrons. The van der Waals surface area contributed by atoms with Crippen LogP contribution in [0.1, 0.15) is 47.0 Å². The molecule has 0 saturated heterocycles. The Balaban J connectivity index is 4.41. The lowest BCUT2D eigenvalue weighted by atomic mass is 10.5. The molecule has 0 radical (unpaired) electrons. The van der Waals surface area contributed by atoms with Crippen molar-refractivity contribution >= 4 is 8.56 Å². The first kappa shape index (κ1) is 17.1. The van der Waals surface area contributed by atoms with Crippen molar-refractivity contribution in [1.29, 1.82) is 0 Å². The maximum Gasteiger partial charge on any atom is 0.364 e. The molecule has 4 nitrogen and oxygen atoms in total. The van der Waals surface area contributed by atoms with Gasteiger partial charge in [0.05, 0.1) is 0 Å². The van der Waals surface area contributed by atoms with Gasteiger partial charge in [-0.15, -0.1) is 0 Å². The van der Waals surface area contributed by atoms with Gasteiger partial charge in [0, 0.05) is 13.2 Å². The molecule has 0 bridgehead atoms. The fourth-order valence-corrected chi connectivity index (χ4v) is 3.52. The maximum absolute atomic E-state index is 9.53. The molecule has 0 fully saturated rings. The zero-order valence-corrected chi connectivity index (χ0v) is 12.9. The summed E-state index contributed by atoms with van der Waals surface area (Å²) in [6.45, 7) is 11.3. The van der Waals surface area contributed by atoms with E-state index in [0.717, 1.165) is 12.8 Å². The Morgan fingerprint density at radius 2 is 1.53 bits per heavy atom. The minimum atomic E-state index is -2.36. The molecule has 0 aromatic carbocycles. The summed E-state index contributed by atoms with van der Waals surface area (Å²) in [6.07, 6.45) is 1.77. The number of hydrogen-bond acceptors (Lipinski definition) is 4. The predicted octanol–water partition coefficient (Wildman–Crippen LogP) is 2.58. The van der Waals surface area contributed by atoms with E-state index in [0.29, 0.717) is 19.6 Å². The van der Waals surface area contributed by atoms with Crippen LogP contribution in [0.25, 0.3) is 0 Å².